The monoisotopic (exact) mass is 337 g/mol. The van der Waals surface area contributed by atoms with Crippen molar-refractivity contribution in [1.29, 1.82) is 0 Å². The molecule has 1 aliphatic rings. The molecule has 1 rings (SSSR count). The molecule has 1 saturated heterocycles. The number of rotatable bonds is 7. The van der Waals surface area contributed by atoms with Crippen LogP contribution in [0.3, 0.4) is 0 Å². The van der Waals surface area contributed by atoms with Crippen molar-refractivity contribution in [2.75, 3.05) is 13.2 Å². The van der Waals surface area contributed by atoms with Crippen molar-refractivity contribution in [2.45, 2.75) is 70.4 Å². The number of carbonyl (C=O) groups is 1. The van der Waals surface area contributed by atoms with Gasteiger partial charge in [-0.2, -0.15) is 0 Å². The van der Waals surface area contributed by atoms with Gasteiger partial charge in [0.1, 0.15) is 26.9 Å². The molecule has 0 aromatic heterocycles. The fraction of sp³-hybridized carbons (Fsp3) is 0.722. The molecule has 1 N–H and O–H groups in total. The summed E-state index contributed by atoms with van der Waals surface area (Å²) in [6, 6.07) is 0. The van der Waals surface area contributed by atoms with Crippen LogP contribution in [-0.4, -0.2) is 39.5 Å². The third-order valence-corrected chi connectivity index (χ3v) is 11.0. The first-order valence-electron chi connectivity index (χ1n) is 8.45. The van der Waals surface area contributed by atoms with Crippen LogP contribution in [0.15, 0.2) is 12.7 Å². The van der Waals surface area contributed by atoms with E-state index in [1.165, 1.54) is 0 Å². The summed E-state index contributed by atoms with van der Waals surface area (Å²) < 4.78 is 10.6. The molecule has 1 heterocycles. The van der Waals surface area contributed by atoms with Crippen LogP contribution in [0.4, 0.5) is 4.79 Å². The molecule has 0 spiro atoms. The van der Waals surface area contributed by atoms with Crippen molar-refractivity contribution >= 4 is 14.2 Å². The number of epoxide rings is 1. The molecule has 2 atom stereocenters. The minimum absolute atomic E-state index is 0.0878. The lowest BCUT2D eigenvalue weighted by Crippen LogP contribution is -2.43. The van der Waals surface area contributed by atoms with Crippen LogP contribution in [0.2, 0.25) is 16.6 Å². The average Bonchev–Trinajstić information content (AvgIpc) is 3.21. The number of alkyl carbamates (subject to hydrolysis) is 1. The first kappa shape index (κ1) is 19.8. The van der Waals surface area contributed by atoms with E-state index in [1.807, 2.05) is 0 Å². The lowest BCUT2D eigenvalue weighted by atomic mass is 10.3. The summed E-state index contributed by atoms with van der Waals surface area (Å²) in [6.07, 6.45) is 0.986. The van der Waals surface area contributed by atoms with Gasteiger partial charge in [0.2, 0.25) is 0 Å². The second kappa shape index (κ2) is 8.56. The molecule has 0 radical (unpaired) electrons. The maximum atomic E-state index is 11.4. The van der Waals surface area contributed by atoms with Gasteiger partial charge in [-0.1, -0.05) is 53.5 Å². The van der Waals surface area contributed by atoms with Crippen LogP contribution < -0.4 is 5.32 Å². The van der Waals surface area contributed by atoms with Crippen molar-refractivity contribution in [1.82, 2.24) is 5.32 Å². The highest BCUT2D eigenvalue weighted by Crippen LogP contribution is 2.41. The molecule has 1 fully saturated rings. The lowest BCUT2D eigenvalue weighted by molar-refractivity contribution is 0.137. The van der Waals surface area contributed by atoms with Crippen molar-refractivity contribution in [3.05, 3.63) is 12.7 Å². The van der Waals surface area contributed by atoms with Gasteiger partial charge >= 0.3 is 6.09 Å². The fourth-order valence-corrected chi connectivity index (χ4v) is 8.65. The van der Waals surface area contributed by atoms with Gasteiger partial charge in [-0.05, 0) is 16.6 Å². The highest BCUT2D eigenvalue weighted by Gasteiger charge is 2.43. The van der Waals surface area contributed by atoms with Crippen LogP contribution in [0.1, 0.15) is 41.5 Å². The summed E-state index contributed by atoms with van der Waals surface area (Å²) in [5.41, 5.74) is 5.45. The van der Waals surface area contributed by atoms with Crippen LogP contribution in [0.25, 0.3) is 0 Å². The maximum absolute atomic E-state index is 11.4. The predicted octanol–water partition coefficient (Wildman–Crippen LogP) is 3.89. The van der Waals surface area contributed by atoms with E-state index >= 15 is 0 Å². The standard InChI is InChI=1S/C18H31NO3Si/c1-8-10-19-18(20)21-12-17-16(22-17)9-11-23(13(2)3,14(4)5)15(6)7/h8,13-17H,1,10,12H2,2-7H3,(H,19,20)/t16-,17-/m1/s1. The van der Waals surface area contributed by atoms with Crippen molar-refractivity contribution in [3.63, 3.8) is 0 Å². The molecular formula is C18H31NO3Si. The van der Waals surface area contributed by atoms with Gasteiger partial charge in [-0.3, -0.25) is 0 Å². The molecule has 0 saturated carbocycles. The van der Waals surface area contributed by atoms with Crippen molar-refractivity contribution in [3.8, 4) is 11.5 Å². The zero-order valence-corrected chi connectivity index (χ0v) is 16.3. The molecular weight excluding hydrogens is 306 g/mol. The molecule has 1 amide bonds. The minimum Gasteiger partial charge on any atom is -0.447 e. The Morgan fingerprint density at radius 3 is 2.30 bits per heavy atom. The van der Waals surface area contributed by atoms with Crippen LogP contribution in [-0.2, 0) is 9.47 Å². The molecule has 23 heavy (non-hydrogen) atoms. The molecule has 0 aromatic carbocycles. The Balaban J connectivity index is 2.59. The average molecular weight is 338 g/mol. The number of hydrogen-bond donors (Lipinski definition) is 1. The van der Waals surface area contributed by atoms with Gasteiger partial charge in [0, 0.05) is 6.54 Å². The third-order valence-electron chi connectivity index (χ3n) is 4.65. The van der Waals surface area contributed by atoms with E-state index < -0.39 is 14.2 Å². The Morgan fingerprint density at radius 1 is 1.26 bits per heavy atom. The SMILES string of the molecule is C=CCNC(=O)OC[C@H]1O[C@@H]1C#C[Si](C(C)C)(C(C)C)C(C)C. The van der Waals surface area contributed by atoms with E-state index in [-0.39, 0.29) is 18.8 Å². The number of amides is 1. The van der Waals surface area contributed by atoms with E-state index in [1.54, 1.807) is 6.08 Å². The largest absolute Gasteiger partial charge is 0.447 e. The molecule has 0 bridgehead atoms. The van der Waals surface area contributed by atoms with Crippen LogP contribution >= 0.6 is 0 Å². The Kier molecular flexibility index (Phi) is 7.36. The summed E-state index contributed by atoms with van der Waals surface area (Å²) in [7, 11) is -1.71. The smallest absolute Gasteiger partial charge is 0.407 e. The second-order valence-corrected chi connectivity index (χ2v) is 12.6. The highest BCUT2D eigenvalue weighted by atomic mass is 28.3. The van der Waals surface area contributed by atoms with E-state index in [0.29, 0.717) is 23.2 Å². The third kappa shape index (κ3) is 5.12. The second-order valence-electron chi connectivity index (χ2n) is 7.03. The Labute approximate surface area is 142 Å². The molecule has 130 valence electrons. The topological polar surface area (TPSA) is 50.9 Å². The summed E-state index contributed by atoms with van der Waals surface area (Å²) in [4.78, 5) is 11.4. The van der Waals surface area contributed by atoms with E-state index in [0.717, 1.165) is 0 Å². The molecule has 0 unspecified atom stereocenters. The summed E-state index contributed by atoms with van der Waals surface area (Å²) >= 11 is 0. The molecule has 0 aromatic rings. The number of hydrogen-bond acceptors (Lipinski definition) is 3. The molecule has 0 aliphatic carbocycles. The lowest BCUT2D eigenvalue weighted by Gasteiger charge is -2.38. The summed E-state index contributed by atoms with van der Waals surface area (Å²) in [5, 5.41) is 2.57. The van der Waals surface area contributed by atoms with Crippen molar-refractivity contribution in [2.24, 2.45) is 0 Å². The van der Waals surface area contributed by atoms with Gasteiger partial charge in [-0.25, -0.2) is 4.79 Å². The molecule has 5 heteroatoms. The van der Waals surface area contributed by atoms with E-state index in [4.69, 9.17) is 9.47 Å². The Morgan fingerprint density at radius 2 is 1.83 bits per heavy atom. The van der Waals surface area contributed by atoms with Gasteiger partial charge in [-0.15, -0.1) is 12.1 Å². The Hall–Kier alpha value is -1.25. The normalized spacial score (nSPS) is 20.2. The summed E-state index contributed by atoms with van der Waals surface area (Å²) in [5.74, 6) is 3.32. The van der Waals surface area contributed by atoms with Crippen LogP contribution in [0, 0.1) is 11.5 Å². The first-order chi connectivity index (χ1) is 10.8. The molecule has 4 nitrogen and oxygen atoms in total. The first-order valence-corrected chi connectivity index (χ1v) is 10.7. The number of ether oxygens (including phenoxy) is 2. The highest BCUT2D eigenvalue weighted by molar-refractivity contribution is 6.90. The maximum Gasteiger partial charge on any atom is 0.407 e. The zero-order valence-electron chi connectivity index (χ0n) is 15.3. The fourth-order valence-electron chi connectivity index (χ4n) is 3.39. The van der Waals surface area contributed by atoms with Gasteiger partial charge in [0.05, 0.1) is 0 Å². The van der Waals surface area contributed by atoms with Crippen LogP contribution in [0.5, 0.6) is 0 Å². The quantitative estimate of drug-likeness (QED) is 0.332. The Bertz CT molecular complexity index is 455. The minimum atomic E-state index is -1.71. The predicted molar refractivity (Wildman–Crippen MR) is 97.0 cm³/mol. The van der Waals surface area contributed by atoms with E-state index in [2.05, 4.69) is 64.9 Å². The van der Waals surface area contributed by atoms with Gasteiger partial charge in [0.25, 0.3) is 0 Å². The van der Waals surface area contributed by atoms with E-state index in [9.17, 15) is 4.79 Å². The van der Waals surface area contributed by atoms with Gasteiger partial charge < -0.3 is 14.8 Å². The van der Waals surface area contributed by atoms with Crippen molar-refractivity contribution < 1.29 is 14.3 Å². The zero-order chi connectivity index (χ0) is 17.6. The summed E-state index contributed by atoms with van der Waals surface area (Å²) in [6.45, 7) is 17.9. The molecule has 1 aliphatic heterocycles. The number of carbonyl (C=O) groups excluding carboxylic acids is 1. The number of nitrogens with one attached hydrogen (secondary N) is 1. The van der Waals surface area contributed by atoms with Gasteiger partial charge in [0.15, 0.2) is 0 Å².